The summed E-state index contributed by atoms with van der Waals surface area (Å²) in [5.41, 5.74) is 0. The van der Waals surface area contributed by atoms with E-state index in [0.717, 1.165) is 6.42 Å². The smallest absolute Gasteiger partial charge is 0.323 e. The van der Waals surface area contributed by atoms with E-state index in [-0.39, 0.29) is 66.9 Å². The van der Waals surface area contributed by atoms with Crippen molar-refractivity contribution in [2.75, 3.05) is 7.05 Å². The highest BCUT2D eigenvalue weighted by atomic mass is 16.6. The van der Waals surface area contributed by atoms with Crippen LogP contribution in [0, 0.1) is 17.8 Å². The fourth-order valence-electron chi connectivity index (χ4n) is 4.10. The second kappa shape index (κ2) is 14.4. The van der Waals surface area contributed by atoms with Gasteiger partial charge in [0.15, 0.2) is 0 Å². The van der Waals surface area contributed by atoms with Gasteiger partial charge >= 0.3 is 11.9 Å². The van der Waals surface area contributed by atoms with Crippen molar-refractivity contribution < 1.29 is 28.7 Å². The molecule has 1 aliphatic rings. The molecule has 0 aromatic carbocycles. The minimum absolute atomic E-state index is 0.0240. The van der Waals surface area contributed by atoms with E-state index in [0.29, 0.717) is 38.0 Å². The van der Waals surface area contributed by atoms with Crippen molar-refractivity contribution in [1.29, 1.82) is 0 Å². The molecule has 0 spiro atoms. The number of ketones is 2. The molecule has 0 bridgehead atoms. The summed E-state index contributed by atoms with van der Waals surface area (Å²) in [7, 11) is 1.77. The number of likely N-dealkylation sites (N-methyl/N-ethyl adjacent to an activating group) is 1. The largest absolute Gasteiger partial charge is 0.462 e. The lowest BCUT2D eigenvalue weighted by Gasteiger charge is -2.30. The number of carbonyl (C=O) groups is 4. The van der Waals surface area contributed by atoms with Crippen molar-refractivity contribution >= 4 is 23.5 Å². The molecule has 7 heteroatoms. The molecule has 2 atom stereocenters. The summed E-state index contributed by atoms with van der Waals surface area (Å²) in [4.78, 5) is 48.5. The molecule has 0 heterocycles. The van der Waals surface area contributed by atoms with Gasteiger partial charge < -0.3 is 19.6 Å². The molecule has 1 rings (SSSR count). The zero-order valence-electron chi connectivity index (χ0n) is 20.8. The topological polar surface area (TPSA) is 98.8 Å². The van der Waals surface area contributed by atoms with Crippen LogP contribution in [0.4, 0.5) is 0 Å². The molecule has 0 radical (unpaired) electrons. The summed E-state index contributed by atoms with van der Waals surface area (Å²) < 4.78 is 11.4. The van der Waals surface area contributed by atoms with Crippen LogP contribution in [0.2, 0.25) is 0 Å². The van der Waals surface area contributed by atoms with Crippen LogP contribution in [0.3, 0.4) is 0 Å². The molecule has 2 unspecified atom stereocenters. The average Bonchev–Trinajstić information content (AvgIpc) is 2.70. The maximum Gasteiger partial charge on any atom is 0.323 e. The first kappa shape index (κ1) is 28.3. The highest BCUT2D eigenvalue weighted by Crippen LogP contribution is 2.27. The molecule has 0 aromatic heterocycles. The number of carbonyl (C=O) groups excluding carboxylic acids is 4. The van der Waals surface area contributed by atoms with Crippen LogP contribution in [0.25, 0.3) is 0 Å². The standard InChI is InChI=1S/C25H43NO6/c1-16(2)13-19(15-20(28)8-7-18(5)27)24(29)31-21-9-11-22(12-10-21)32-25(30)23(26-6)14-17(3)4/h16-17,19,21-23,26H,7-15H2,1-6H3. The van der Waals surface area contributed by atoms with Gasteiger partial charge in [-0.1, -0.05) is 27.7 Å². The van der Waals surface area contributed by atoms with Crippen LogP contribution >= 0.6 is 0 Å². The van der Waals surface area contributed by atoms with Crippen molar-refractivity contribution in [2.45, 2.75) is 111 Å². The molecule has 1 saturated carbocycles. The second-order valence-electron chi connectivity index (χ2n) is 10.0. The van der Waals surface area contributed by atoms with E-state index in [4.69, 9.17) is 9.47 Å². The molecule has 32 heavy (non-hydrogen) atoms. The number of hydrogen-bond acceptors (Lipinski definition) is 7. The Hall–Kier alpha value is -1.76. The Morgan fingerprint density at radius 1 is 0.812 bits per heavy atom. The average molecular weight is 454 g/mol. The first-order valence-corrected chi connectivity index (χ1v) is 12.1. The molecule has 0 aromatic rings. The van der Waals surface area contributed by atoms with Gasteiger partial charge in [-0.25, -0.2) is 0 Å². The third kappa shape index (κ3) is 11.2. The Morgan fingerprint density at radius 2 is 1.31 bits per heavy atom. The first-order chi connectivity index (χ1) is 15.0. The number of hydrogen-bond donors (Lipinski definition) is 1. The van der Waals surface area contributed by atoms with E-state index in [1.54, 1.807) is 7.05 Å². The third-order valence-electron chi connectivity index (χ3n) is 5.85. The van der Waals surface area contributed by atoms with Gasteiger partial charge in [-0.3, -0.25) is 14.4 Å². The van der Waals surface area contributed by atoms with E-state index in [9.17, 15) is 19.2 Å². The molecule has 0 aliphatic heterocycles. The Kier molecular flexibility index (Phi) is 12.7. The molecule has 7 nitrogen and oxygen atoms in total. The minimum atomic E-state index is -0.475. The maximum atomic E-state index is 12.8. The van der Waals surface area contributed by atoms with Gasteiger partial charge in [0.25, 0.3) is 0 Å². The lowest BCUT2D eigenvalue weighted by Crippen LogP contribution is -2.40. The predicted molar refractivity (Wildman–Crippen MR) is 123 cm³/mol. The molecule has 1 N–H and O–H groups in total. The van der Waals surface area contributed by atoms with Crippen molar-refractivity contribution in [3.8, 4) is 0 Å². The normalized spacial score (nSPS) is 20.6. The van der Waals surface area contributed by atoms with Gasteiger partial charge in [-0.05, 0) is 64.3 Å². The fraction of sp³-hybridized carbons (Fsp3) is 0.840. The number of rotatable bonds is 14. The summed E-state index contributed by atoms with van der Waals surface area (Å²) in [5.74, 6) is -0.469. The summed E-state index contributed by atoms with van der Waals surface area (Å²) in [6.07, 6.45) is 4.07. The molecule has 1 aliphatic carbocycles. The minimum Gasteiger partial charge on any atom is -0.462 e. The van der Waals surface area contributed by atoms with Crippen molar-refractivity contribution in [3.63, 3.8) is 0 Å². The number of esters is 2. The molecule has 184 valence electrons. The first-order valence-electron chi connectivity index (χ1n) is 12.1. The SMILES string of the molecule is CNC(CC(C)C)C(=O)OC1CCC(OC(=O)C(CC(=O)CCC(C)=O)CC(C)C)CC1. The predicted octanol–water partition coefficient (Wildman–Crippen LogP) is 4.01. The van der Waals surface area contributed by atoms with Crippen molar-refractivity contribution in [2.24, 2.45) is 17.8 Å². The summed E-state index contributed by atoms with van der Waals surface area (Å²) in [6, 6.07) is -0.303. The lowest BCUT2D eigenvalue weighted by atomic mass is 9.90. The zero-order chi connectivity index (χ0) is 24.3. The highest BCUT2D eigenvalue weighted by molar-refractivity contribution is 5.87. The second-order valence-corrected chi connectivity index (χ2v) is 10.0. The summed E-state index contributed by atoms with van der Waals surface area (Å²) in [6.45, 7) is 9.63. The Labute approximate surface area is 193 Å². The van der Waals surface area contributed by atoms with Crippen molar-refractivity contribution in [3.05, 3.63) is 0 Å². The van der Waals surface area contributed by atoms with Crippen LogP contribution in [0.15, 0.2) is 0 Å². The monoisotopic (exact) mass is 453 g/mol. The maximum absolute atomic E-state index is 12.8. The van der Waals surface area contributed by atoms with Crippen LogP contribution in [0.1, 0.15) is 92.4 Å². The van der Waals surface area contributed by atoms with E-state index >= 15 is 0 Å². The fourth-order valence-corrected chi connectivity index (χ4v) is 4.10. The molecular weight excluding hydrogens is 410 g/mol. The van der Waals surface area contributed by atoms with Gasteiger partial charge in [0.05, 0.1) is 5.92 Å². The Balaban J connectivity index is 2.52. The van der Waals surface area contributed by atoms with Crippen LogP contribution in [0.5, 0.6) is 0 Å². The van der Waals surface area contributed by atoms with Gasteiger partial charge in [-0.2, -0.15) is 0 Å². The van der Waals surface area contributed by atoms with Crippen LogP contribution in [-0.2, 0) is 28.7 Å². The molecule has 0 saturated heterocycles. The highest BCUT2D eigenvalue weighted by Gasteiger charge is 2.31. The number of nitrogens with one attached hydrogen (secondary N) is 1. The van der Waals surface area contributed by atoms with Gasteiger partial charge in [0.1, 0.15) is 29.8 Å². The van der Waals surface area contributed by atoms with Gasteiger partial charge in [0.2, 0.25) is 0 Å². The van der Waals surface area contributed by atoms with Crippen LogP contribution in [-0.4, -0.2) is 48.8 Å². The molecular formula is C25H43NO6. The van der Waals surface area contributed by atoms with Gasteiger partial charge in [0, 0.05) is 19.3 Å². The van der Waals surface area contributed by atoms with Gasteiger partial charge in [-0.15, -0.1) is 0 Å². The van der Waals surface area contributed by atoms with Crippen LogP contribution < -0.4 is 5.32 Å². The Morgan fingerprint density at radius 3 is 1.75 bits per heavy atom. The quantitative estimate of drug-likeness (QED) is 0.397. The van der Waals surface area contributed by atoms with Crippen molar-refractivity contribution in [1.82, 2.24) is 5.32 Å². The van der Waals surface area contributed by atoms with E-state index in [1.165, 1.54) is 6.92 Å². The number of ether oxygens (including phenoxy) is 2. The van der Waals surface area contributed by atoms with E-state index < -0.39 is 5.92 Å². The Bertz CT molecular complexity index is 622. The summed E-state index contributed by atoms with van der Waals surface area (Å²) in [5, 5.41) is 3.03. The third-order valence-corrected chi connectivity index (χ3v) is 5.85. The zero-order valence-corrected chi connectivity index (χ0v) is 20.8. The lowest BCUT2D eigenvalue weighted by molar-refractivity contribution is -0.163. The number of Topliss-reactive ketones (excluding diaryl/α,β-unsaturated/α-hetero) is 2. The van der Waals surface area contributed by atoms with E-state index in [2.05, 4.69) is 19.2 Å². The van der Waals surface area contributed by atoms with E-state index in [1.807, 2.05) is 13.8 Å². The molecule has 1 fully saturated rings. The summed E-state index contributed by atoms with van der Waals surface area (Å²) >= 11 is 0. The molecule has 0 amide bonds.